The standard InChI is InChI=1S/C17H31/c1-3-5-7-9-11-13-15-17-16-14-12-10-8-6-4-2/h8-11H,1,3-7,12-17H2,2H3. The zero-order valence-corrected chi connectivity index (χ0v) is 11.8. The SMILES string of the molecule is [CH2]CCCC=CCCCCCCC=CCCC. The average molecular weight is 235 g/mol. The largest absolute Gasteiger partial charge is 0.0885 e. The molecule has 0 atom stereocenters. The third kappa shape index (κ3) is 15.5. The summed E-state index contributed by atoms with van der Waals surface area (Å²) in [5, 5.41) is 0. The van der Waals surface area contributed by atoms with E-state index in [0.29, 0.717) is 0 Å². The highest BCUT2D eigenvalue weighted by molar-refractivity contribution is 4.82. The van der Waals surface area contributed by atoms with Crippen molar-refractivity contribution in [2.75, 3.05) is 0 Å². The third-order valence-electron chi connectivity index (χ3n) is 2.90. The lowest BCUT2D eigenvalue weighted by Crippen LogP contribution is -1.77. The average Bonchev–Trinajstić information content (AvgIpc) is 2.35. The van der Waals surface area contributed by atoms with Crippen LogP contribution in [0.4, 0.5) is 0 Å². The summed E-state index contributed by atoms with van der Waals surface area (Å²) in [6.07, 6.45) is 23.4. The van der Waals surface area contributed by atoms with Crippen LogP contribution < -0.4 is 0 Å². The van der Waals surface area contributed by atoms with Gasteiger partial charge in [0.1, 0.15) is 0 Å². The minimum atomic E-state index is 1.07. The first-order chi connectivity index (χ1) is 8.41. The quantitative estimate of drug-likeness (QED) is 0.277. The first-order valence-electron chi connectivity index (χ1n) is 7.51. The Morgan fingerprint density at radius 1 is 0.647 bits per heavy atom. The van der Waals surface area contributed by atoms with Crippen LogP contribution >= 0.6 is 0 Å². The minimum Gasteiger partial charge on any atom is -0.0885 e. The molecular weight excluding hydrogens is 204 g/mol. The third-order valence-corrected chi connectivity index (χ3v) is 2.90. The van der Waals surface area contributed by atoms with E-state index in [-0.39, 0.29) is 0 Å². The zero-order valence-electron chi connectivity index (χ0n) is 11.8. The molecule has 0 bridgehead atoms. The minimum absolute atomic E-state index is 1.07. The van der Waals surface area contributed by atoms with Crippen molar-refractivity contribution >= 4 is 0 Å². The molecular formula is C17H31. The van der Waals surface area contributed by atoms with Gasteiger partial charge in [-0.1, -0.05) is 63.8 Å². The van der Waals surface area contributed by atoms with Gasteiger partial charge in [0.05, 0.1) is 0 Å². The van der Waals surface area contributed by atoms with Gasteiger partial charge in [0.15, 0.2) is 0 Å². The normalized spacial score (nSPS) is 11.9. The smallest absolute Gasteiger partial charge is 0.0351 e. The van der Waals surface area contributed by atoms with Gasteiger partial charge in [-0.25, -0.2) is 0 Å². The molecule has 0 saturated carbocycles. The Labute approximate surface area is 109 Å². The Morgan fingerprint density at radius 2 is 1.12 bits per heavy atom. The fraction of sp³-hybridized carbons (Fsp3) is 0.706. The molecule has 0 nitrogen and oxygen atoms in total. The van der Waals surface area contributed by atoms with Crippen LogP contribution in [0, 0.1) is 6.92 Å². The van der Waals surface area contributed by atoms with Crippen molar-refractivity contribution in [3.8, 4) is 0 Å². The second kappa shape index (κ2) is 15.5. The second-order valence-electron chi connectivity index (χ2n) is 4.72. The van der Waals surface area contributed by atoms with Crippen molar-refractivity contribution in [1.29, 1.82) is 0 Å². The van der Waals surface area contributed by atoms with E-state index >= 15 is 0 Å². The highest BCUT2D eigenvalue weighted by atomic mass is 13.9. The molecule has 0 aliphatic carbocycles. The van der Waals surface area contributed by atoms with Crippen molar-refractivity contribution in [3.63, 3.8) is 0 Å². The predicted molar refractivity (Wildman–Crippen MR) is 80.1 cm³/mol. The lowest BCUT2D eigenvalue weighted by Gasteiger charge is -1.97. The van der Waals surface area contributed by atoms with Crippen LogP contribution in [0.5, 0.6) is 0 Å². The van der Waals surface area contributed by atoms with Gasteiger partial charge in [-0.3, -0.25) is 0 Å². The summed E-state index contributed by atoms with van der Waals surface area (Å²) in [5.74, 6) is 0. The van der Waals surface area contributed by atoms with Crippen LogP contribution in [0.3, 0.4) is 0 Å². The molecule has 0 heterocycles. The molecule has 0 unspecified atom stereocenters. The van der Waals surface area contributed by atoms with Crippen molar-refractivity contribution in [2.24, 2.45) is 0 Å². The van der Waals surface area contributed by atoms with E-state index in [2.05, 4.69) is 38.2 Å². The molecule has 1 radical (unpaired) electrons. The monoisotopic (exact) mass is 235 g/mol. The van der Waals surface area contributed by atoms with Crippen LogP contribution in [0.15, 0.2) is 24.3 Å². The van der Waals surface area contributed by atoms with Gasteiger partial charge < -0.3 is 0 Å². The van der Waals surface area contributed by atoms with E-state index in [4.69, 9.17) is 0 Å². The molecule has 0 aromatic carbocycles. The van der Waals surface area contributed by atoms with Crippen molar-refractivity contribution in [2.45, 2.75) is 77.6 Å². The Bertz CT molecular complexity index is 176. The molecule has 0 rings (SSSR count). The van der Waals surface area contributed by atoms with Gasteiger partial charge in [-0.15, -0.1) is 0 Å². The number of rotatable bonds is 12. The molecule has 0 aliphatic heterocycles. The summed E-state index contributed by atoms with van der Waals surface area (Å²) in [7, 11) is 0. The molecule has 17 heavy (non-hydrogen) atoms. The summed E-state index contributed by atoms with van der Waals surface area (Å²) < 4.78 is 0. The van der Waals surface area contributed by atoms with E-state index in [0.717, 1.165) is 6.42 Å². The van der Waals surface area contributed by atoms with Crippen LogP contribution in [-0.4, -0.2) is 0 Å². The topological polar surface area (TPSA) is 0 Å². The molecule has 0 fully saturated rings. The van der Waals surface area contributed by atoms with Crippen molar-refractivity contribution < 1.29 is 0 Å². The summed E-state index contributed by atoms with van der Waals surface area (Å²) in [6.45, 7) is 6.07. The lowest BCUT2D eigenvalue weighted by atomic mass is 10.1. The van der Waals surface area contributed by atoms with Crippen molar-refractivity contribution in [3.05, 3.63) is 31.2 Å². The molecule has 0 spiro atoms. The molecule has 0 saturated heterocycles. The second-order valence-corrected chi connectivity index (χ2v) is 4.72. The molecule has 0 N–H and O–H groups in total. The van der Waals surface area contributed by atoms with E-state index in [1.54, 1.807) is 0 Å². The van der Waals surface area contributed by atoms with Gasteiger partial charge in [-0.2, -0.15) is 0 Å². The Hall–Kier alpha value is -0.520. The predicted octanol–water partition coefficient (Wildman–Crippen LogP) is 6.24. The molecule has 0 heteroatoms. The first-order valence-corrected chi connectivity index (χ1v) is 7.51. The number of hydrogen-bond donors (Lipinski definition) is 0. The lowest BCUT2D eigenvalue weighted by molar-refractivity contribution is 0.651. The van der Waals surface area contributed by atoms with E-state index in [1.807, 2.05) is 0 Å². The van der Waals surface area contributed by atoms with Gasteiger partial charge in [-0.05, 0) is 44.9 Å². The Kier molecular flexibility index (Phi) is 15.0. The maximum atomic E-state index is 3.84. The highest BCUT2D eigenvalue weighted by Crippen LogP contribution is 2.07. The van der Waals surface area contributed by atoms with Gasteiger partial charge in [0.2, 0.25) is 0 Å². The van der Waals surface area contributed by atoms with Gasteiger partial charge >= 0.3 is 0 Å². The Balaban J connectivity index is 3.05. The van der Waals surface area contributed by atoms with Crippen LogP contribution in [0.1, 0.15) is 77.6 Å². The van der Waals surface area contributed by atoms with Gasteiger partial charge in [0.25, 0.3) is 0 Å². The van der Waals surface area contributed by atoms with E-state index < -0.39 is 0 Å². The molecule has 99 valence electrons. The Morgan fingerprint density at radius 3 is 1.59 bits per heavy atom. The van der Waals surface area contributed by atoms with Crippen molar-refractivity contribution in [1.82, 2.24) is 0 Å². The summed E-state index contributed by atoms with van der Waals surface area (Å²) in [4.78, 5) is 0. The fourth-order valence-electron chi connectivity index (χ4n) is 1.78. The van der Waals surface area contributed by atoms with Crippen LogP contribution in [-0.2, 0) is 0 Å². The van der Waals surface area contributed by atoms with Gasteiger partial charge in [0, 0.05) is 0 Å². The van der Waals surface area contributed by atoms with Crippen LogP contribution in [0.2, 0.25) is 0 Å². The number of hydrogen-bond acceptors (Lipinski definition) is 0. The summed E-state index contributed by atoms with van der Waals surface area (Å²) in [5.41, 5.74) is 0. The maximum Gasteiger partial charge on any atom is -0.0351 e. The molecule has 0 aromatic rings. The summed E-state index contributed by atoms with van der Waals surface area (Å²) in [6, 6.07) is 0. The number of unbranched alkanes of at least 4 members (excludes halogenated alkanes) is 8. The summed E-state index contributed by atoms with van der Waals surface area (Å²) >= 11 is 0. The maximum absolute atomic E-state index is 3.84. The fourth-order valence-corrected chi connectivity index (χ4v) is 1.78. The molecule has 0 aromatic heterocycles. The highest BCUT2D eigenvalue weighted by Gasteiger charge is 1.87. The first kappa shape index (κ1) is 16.5. The zero-order chi connectivity index (χ0) is 12.6. The van der Waals surface area contributed by atoms with E-state index in [1.165, 1.54) is 64.2 Å². The number of allylic oxidation sites excluding steroid dienone is 4. The molecule has 0 amide bonds. The molecule has 0 aliphatic rings. The van der Waals surface area contributed by atoms with Crippen LogP contribution in [0.25, 0.3) is 0 Å². The van der Waals surface area contributed by atoms with E-state index in [9.17, 15) is 0 Å².